The number of aliphatic hydroxyl groups excluding tert-OH is 1. The first-order valence-corrected chi connectivity index (χ1v) is 7.38. The van der Waals surface area contributed by atoms with Gasteiger partial charge in [0.15, 0.2) is 0 Å². The molecule has 96 valence electrons. The van der Waals surface area contributed by atoms with Crippen LogP contribution < -0.4 is 0 Å². The van der Waals surface area contributed by atoms with Crippen molar-refractivity contribution < 1.29 is 9.84 Å². The predicted molar refractivity (Wildman–Crippen MR) is 69.0 cm³/mol. The number of aromatic nitrogens is 1. The van der Waals surface area contributed by atoms with E-state index in [1.54, 1.807) is 11.3 Å². The van der Waals surface area contributed by atoms with E-state index in [0.717, 1.165) is 30.2 Å². The smallest absolute Gasteiger partial charge is 0.125 e. The first-order chi connectivity index (χ1) is 8.30. The maximum absolute atomic E-state index is 9.12. The molecule has 1 fully saturated rings. The zero-order chi connectivity index (χ0) is 12.1. The minimum absolute atomic E-state index is 0.0265. The largest absolute Gasteiger partial charge is 0.390 e. The zero-order valence-corrected chi connectivity index (χ0v) is 11.3. The van der Waals surface area contributed by atoms with Gasteiger partial charge < -0.3 is 9.84 Å². The highest BCUT2D eigenvalue weighted by Gasteiger charge is 2.36. The van der Waals surface area contributed by atoms with Gasteiger partial charge in [0.1, 0.15) is 10.6 Å². The van der Waals surface area contributed by atoms with Crippen LogP contribution in [0.1, 0.15) is 56.2 Å². The Kier molecular flexibility index (Phi) is 4.54. The van der Waals surface area contributed by atoms with Gasteiger partial charge in [0.05, 0.1) is 12.3 Å². The third kappa shape index (κ3) is 2.87. The van der Waals surface area contributed by atoms with E-state index >= 15 is 0 Å². The summed E-state index contributed by atoms with van der Waals surface area (Å²) in [7, 11) is 0. The van der Waals surface area contributed by atoms with Crippen LogP contribution in [0.25, 0.3) is 0 Å². The van der Waals surface area contributed by atoms with Crippen LogP contribution in [0, 0.1) is 0 Å². The molecular formula is C13H21NO2S. The summed E-state index contributed by atoms with van der Waals surface area (Å²) in [6.07, 6.45) is 7.17. The fraction of sp³-hybridized carbons (Fsp3) is 0.769. The zero-order valence-electron chi connectivity index (χ0n) is 10.4. The average molecular weight is 255 g/mol. The lowest BCUT2D eigenvalue weighted by molar-refractivity contribution is -0.0561. The second kappa shape index (κ2) is 5.94. The lowest BCUT2D eigenvalue weighted by atomic mass is 9.95. The Labute approximate surface area is 107 Å². The van der Waals surface area contributed by atoms with Gasteiger partial charge in [0.2, 0.25) is 0 Å². The Morgan fingerprint density at radius 1 is 1.35 bits per heavy atom. The van der Waals surface area contributed by atoms with Gasteiger partial charge >= 0.3 is 0 Å². The number of aliphatic hydroxyl groups is 1. The Bertz CT molecular complexity index is 343. The number of thiazole rings is 1. The molecule has 3 nitrogen and oxygen atoms in total. The number of hydrogen-bond donors (Lipinski definition) is 1. The first kappa shape index (κ1) is 13.0. The van der Waals surface area contributed by atoms with Crippen LogP contribution in [0.15, 0.2) is 5.38 Å². The maximum Gasteiger partial charge on any atom is 0.125 e. The summed E-state index contributed by atoms with van der Waals surface area (Å²) in [5.74, 6) is 0. The van der Waals surface area contributed by atoms with Gasteiger partial charge in [-0.05, 0) is 19.8 Å². The number of rotatable bonds is 4. The van der Waals surface area contributed by atoms with Crippen LogP contribution in [0.4, 0.5) is 0 Å². The fourth-order valence-electron chi connectivity index (χ4n) is 2.58. The van der Waals surface area contributed by atoms with Gasteiger partial charge in [-0.1, -0.05) is 25.7 Å². The SMILES string of the molecule is CCOC1(c2nc(CO)cs2)CCCCCC1. The molecule has 1 aromatic rings. The average Bonchev–Trinajstić information content (AvgIpc) is 2.71. The van der Waals surface area contributed by atoms with Crippen LogP contribution in [0.3, 0.4) is 0 Å². The first-order valence-electron chi connectivity index (χ1n) is 6.50. The predicted octanol–water partition coefficient (Wildman–Crippen LogP) is 3.22. The summed E-state index contributed by atoms with van der Waals surface area (Å²) in [6.45, 7) is 2.81. The van der Waals surface area contributed by atoms with E-state index in [9.17, 15) is 0 Å². The topological polar surface area (TPSA) is 42.4 Å². The van der Waals surface area contributed by atoms with E-state index in [2.05, 4.69) is 4.98 Å². The van der Waals surface area contributed by atoms with E-state index in [0.29, 0.717) is 0 Å². The second-order valence-electron chi connectivity index (χ2n) is 4.64. The normalized spacial score (nSPS) is 20.1. The van der Waals surface area contributed by atoms with Crippen LogP contribution >= 0.6 is 11.3 Å². The van der Waals surface area contributed by atoms with Crippen molar-refractivity contribution in [1.29, 1.82) is 0 Å². The molecule has 17 heavy (non-hydrogen) atoms. The van der Waals surface area contributed by atoms with Crippen LogP contribution in [-0.2, 0) is 16.9 Å². The molecule has 1 N–H and O–H groups in total. The van der Waals surface area contributed by atoms with E-state index in [1.165, 1.54) is 25.7 Å². The van der Waals surface area contributed by atoms with Gasteiger partial charge in [-0.2, -0.15) is 0 Å². The molecule has 4 heteroatoms. The molecule has 1 saturated carbocycles. The molecule has 1 aliphatic rings. The summed E-state index contributed by atoms with van der Waals surface area (Å²) < 4.78 is 6.06. The number of nitrogens with zero attached hydrogens (tertiary/aromatic N) is 1. The molecule has 0 bridgehead atoms. The minimum Gasteiger partial charge on any atom is -0.390 e. The summed E-state index contributed by atoms with van der Waals surface area (Å²) in [5, 5.41) is 12.1. The lowest BCUT2D eigenvalue weighted by Crippen LogP contribution is -2.29. The highest BCUT2D eigenvalue weighted by Crippen LogP contribution is 2.40. The third-order valence-electron chi connectivity index (χ3n) is 3.44. The summed E-state index contributed by atoms with van der Waals surface area (Å²) >= 11 is 1.63. The van der Waals surface area contributed by atoms with Crippen molar-refractivity contribution in [3.05, 3.63) is 16.1 Å². The quantitative estimate of drug-likeness (QED) is 0.840. The van der Waals surface area contributed by atoms with Gasteiger partial charge in [-0.25, -0.2) is 4.98 Å². The van der Waals surface area contributed by atoms with Crippen molar-refractivity contribution in [2.24, 2.45) is 0 Å². The van der Waals surface area contributed by atoms with Crippen molar-refractivity contribution >= 4 is 11.3 Å². The van der Waals surface area contributed by atoms with Crippen LogP contribution in [0.2, 0.25) is 0 Å². The Morgan fingerprint density at radius 2 is 2.06 bits per heavy atom. The molecule has 0 spiro atoms. The van der Waals surface area contributed by atoms with Crippen LogP contribution in [-0.4, -0.2) is 16.7 Å². The van der Waals surface area contributed by atoms with Crippen molar-refractivity contribution in [3.8, 4) is 0 Å². The number of hydrogen-bond acceptors (Lipinski definition) is 4. The van der Waals surface area contributed by atoms with Gasteiger partial charge in [-0.15, -0.1) is 11.3 Å². The van der Waals surface area contributed by atoms with Crippen molar-refractivity contribution in [3.63, 3.8) is 0 Å². The summed E-state index contributed by atoms with van der Waals surface area (Å²) in [5.41, 5.74) is 0.594. The van der Waals surface area contributed by atoms with E-state index < -0.39 is 0 Å². The van der Waals surface area contributed by atoms with Crippen molar-refractivity contribution in [2.45, 2.75) is 57.7 Å². The fourth-order valence-corrected chi connectivity index (χ4v) is 3.61. The van der Waals surface area contributed by atoms with E-state index in [-0.39, 0.29) is 12.2 Å². The van der Waals surface area contributed by atoms with Crippen molar-refractivity contribution in [1.82, 2.24) is 4.98 Å². The molecule has 1 heterocycles. The Hall–Kier alpha value is -0.450. The van der Waals surface area contributed by atoms with Crippen molar-refractivity contribution in [2.75, 3.05) is 6.61 Å². The standard InChI is InChI=1S/C13H21NO2S/c1-2-16-13(7-5-3-4-6-8-13)12-14-11(9-15)10-17-12/h10,15H,2-9H2,1H3. The monoisotopic (exact) mass is 255 g/mol. The van der Waals surface area contributed by atoms with Crippen LogP contribution in [0.5, 0.6) is 0 Å². The molecule has 0 unspecified atom stereocenters. The molecule has 0 aromatic carbocycles. The Balaban J connectivity index is 2.24. The Morgan fingerprint density at radius 3 is 2.59 bits per heavy atom. The van der Waals surface area contributed by atoms with E-state index in [4.69, 9.17) is 9.84 Å². The molecule has 0 radical (unpaired) electrons. The minimum atomic E-state index is -0.177. The summed E-state index contributed by atoms with van der Waals surface area (Å²) in [4.78, 5) is 4.53. The molecule has 0 atom stereocenters. The second-order valence-corrected chi connectivity index (χ2v) is 5.50. The van der Waals surface area contributed by atoms with Gasteiger partial charge in [-0.3, -0.25) is 0 Å². The molecule has 2 rings (SSSR count). The molecule has 0 amide bonds. The molecule has 1 aromatic heterocycles. The van der Waals surface area contributed by atoms with Gasteiger partial charge in [0.25, 0.3) is 0 Å². The lowest BCUT2D eigenvalue weighted by Gasteiger charge is -2.30. The summed E-state index contributed by atoms with van der Waals surface area (Å²) in [6, 6.07) is 0. The molecule has 1 aliphatic carbocycles. The third-order valence-corrected chi connectivity index (χ3v) is 4.51. The maximum atomic E-state index is 9.12. The molecule has 0 aliphatic heterocycles. The van der Waals surface area contributed by atoms with Gasteiger partial charge in [0, 0.05) is 12.0 Å². The molecule has 0 saturated heterocycles. The number of ether oxygens (including phenoxy) is 1. The highest BCUT2D eigenvalue weighted by molar-refractivity contribution is 7.09. The van der Waals surface area contributed by atoms with E-state index in [1.807, 2.05) is 12.3 Å². The molecular weight excluding hydrogens is 234 g/mol. The highest BCUT2D eigenvalue weighted by atomic mass is 32.1.